The van der Waals surface area contributed by atoms with E-state index in [0.717, 1.165) is 35.7 Å². The summed E-state index contributed by atoms with van der Waals surface area (Å²) >= 11 is 1.59. The molecule has 3 heterocycles. The van der Waals surface area contributed by atoms with Crippen LogP contribution < -0.4 is 9.47 Å². The maximum atomic E-state index is 5.91. The van der Waals surface area contributed by atoms with Crippen molar-refractivity contribution in [1.29, 1.82) is 0 Å². The molecule has 0 saturated carbocycles. The largest absolute Gasteiger partial charge is 0.493 e. The molecule has 0 radical (unpaired) electrons. The van der Waals surface area contributed by atoms with Crippen molar-refractivity contribution in [3.63, 3.8) is 0 Å². The summed E-state index contributed by atoms with van der Waals surface area (Å²) in [4.78, 5) is 9.54. The summed E-state index contributed by atoms with van der Waals surface area (Å²) in [6, 6.07) is 10.0. The van der Waals surface area contributed by atoms with Gasteiger partial charge >= 0.3 is 0 Å². The molecule has 0 amide bonds. The Balaban J connectivity index is 1.35. The summed E-state index contributed by atoms with van der Waals surface area (Å²) in [5, 5.41) is 2.00. The van der Waals surface area contributed by atoms with Crippen LogP contribution >= 0.6 is 11.3 Å². The van der Waals surface area contributed by atoms with Crippen LogP contribution in [-0.2, 0) is 19.6 Å². The lowest BCUT2D eigenvalue weighted by molar-refractivity contribution is 0.280. The first-order chi connectivity index (χ1) is 13.8. The smallest absolute Gasteiger partial charge is 0.236 e. The van der Waals surface area contributed by atoms with E-state index in [1.807, 2.05) is 42.2 Å². The number of aryl methyl sites for hydroxylation is 2. The van der Waals surface area contributed by atoms with Crippen molar-refractivity contribution in [1.82, 2.24) is 14.5 Å². The summed E-state index contributed by atoms with van der Waals surface area (Å²) in [7, 11) is 1.66. The number of hydrogen-bond donors (Lipinski definition) is 0. The number of hydrogen-bond acceptors (Lipinski definition) is 6. The lowest BCUT2D eigenvalue weighted by Gasteiger charge is -2.11. The van der Waals surface area contributed by atoms with Gasteiger partial charge in [0.1, 0.15) is 18.6 Å². The first-order valence-corrected chi connectivity index (χ1v) is 9.93. The molecule has 0 aliphatic carbocycles. The van der Waals surface area contributed by atoms with Crippen LogP contribution in [0.3, 0.4) is 0 Å². The molecular formula is C21H21N3O3S. The molecule has 0 spiro atoms. The van der Waals surface area contributed by atoms with Crippen LogP contribution in [0.15, 0.2) is 65.1 Å². The Hall–Kier alpha value is -3.06. The van der Waals surface area contributed by atoms with Crippen molar-refractivity contribution < 1.29 is 13.9 Å². The molecular weight excluding hydrogens is 374 g/mol. The van der Waals surface area contributed by atoms with Crippen molar-refractivity contribution in [2.75, 3.05) is 7.11 Å². The Morgan fingerprint density at radius 3 is 2.96 bits per heavy atom. The Labute approximate surface area is 167 Å². The van der Waals surface area contributed by atoms with Gasteiger partial charge in [-0.3, -0.25) is 0 Å². The van der Waals surface area contributed by atoms with E-state index in [1.54, 1.807) is 30.9 Å². The average Bonchev–Trinajstić information content (AvgIpc) is 3.48. The topological polar surface area (TPSA) is 62.3 Å². The maximum Gasteiger partial charge on any atom is 0.236 e. The summed E-state index contributed by atoms with van der Waals surface area (Å²) < 4.78 is 19.0. The Morgan fingerprint density at radius 1 is 1.21 bits per heavy atom. The summed E-state index contributed by atoms with van der Waals surface area (Å²) in [6.45, 7) is 1.27. The van der Waals surface area contributed by atoms with E-state index in [1.165, 1.54) is 5.56 Å². The van der Waals surface area contributed by atoms with E-state index in [0.29, 0.717) is 18.2 Å². The summed E-state index contributed by atoms with van der Waals surface area (Å²) in [6.07, 6.45) is 9.24. The predicted molar refractivity (Wildman–Crippen MR) is 108 cm³/mol. The van der Waals surface area contributed by atoms with Crippen molar-refractivity contribution in [2.24, 2.45) is 0 Å². The fourth-order valence-electron chi connectivity index (χ4n) is 2.91. The summed E-state index contributed by atoms with van der Waals surface area (Å²) in [5.74, 6) is 2.04. The molecule has 0 unspecified atom stereocenters. The van der Waals surface area contributed by atoms with Gasteiger partial charge in [0.25, 0.3) is 0 Å². The van der Waals surface area contributed by atoms with Crippen LogP contribution in [0.2, 0.25) is 0 Å². The Morgan fingerprint density at radius 2 is 2.18 bits per heavy atom. The van der Waals surface area contributed by atoms with Gasteiger partial charge in [-0.05, 0) is 42.0 Å². The Bertz CT molecular complexity index is 994. The lowest BCUT2D eigenvalue weighted by Crippen LogP contribution is -2.00. The fourth-order valence-corrected chi connectivity index (χ4v) is 3.57. The quantitative estimate of drug-likeness (QED) is 0.407. The highest BCUT2D eigenvalue weighted by Gasteiger charge is 2.10. The summed E-state index contributed by atoms with van der Waals surface area (Å²) in [5.41, 5.74) is 1.96. The van der Waals surface area contributed by atoms with Gasteiger partial charge < -0.3 is 18.5 Å². The van der Waals surface area contributed by atoms with Crippen LogP contribution in [0, 0.1) is 0 Å². The molecule has 7 heteroatoms. The third kappa shape index (κ3) is 4.43. The van der Waals surface area contributed by atoms with Crippen LogP contribution in [0.4, 0.5) is 0 Å². The minimum Gasteiger partial charge on any atom is -0.493 e. The maximum absolute atomic E-state index is 5.91. The van der Waals surface area contributed by atoms with Crippen molar-refractivity contribution in [3.8, 4) is 22.3 Å². The van der Waals surface area contributed by atoms with Crippen LogP contribution in [0.25, 0.3) is 10.8 Å². The number of aromatic nitrogens is 3. The monoisotopic (exact) mass is 395 g/mol. The molecule has 0 saturated heterocycles. The van der Waals surface area contributed by atoms with Gasteiger partial charge in [0.2, 0.25) is 5.89 Å². The van der Waals surface area contributed by atoms with Gasteiger partial charge in [0.05, 0.1) is 18.3 Å². The molecule has 0 fully saturated rings. The second kappa shape index (κ2) is 8.75. The molecule has 3 aromatic heterocycles. The first-order valence-electron chi connectivity index (χ1n) is 9.05. The minimum atomic E-state index is 0.325. The van der Waals surface area contributed by atoms with Crippen LogP contribution in [0.1, 0.15) is 17.7 Å². The van der Waals surface area contributed by atoms with Crippen LogP contribution in [-0.4, -0.2) is 21.6 Å². The number of benzene rings is 1. The number of thiophene rings is 1. The number of nitrogens with zero attached hydrogens (tertiary/aromatic N) is 3. The van der Waals surface area contributed by atoms with E-state index >= 15 is 0 Å². The van der Waals surface area contributed by atoms with E-state index in [4.69, 9.17) is 13.9 Å². The van der Waals surface area contributed by atoms with Gasteiger partial charge in [-0.1, -0.05) is 12.1 Å². The van der Waals surface area contributed by atoms with E-state index < -0.39 is 0 Å². The SMILES string of the molecule is COc1cc(CCCn2ccnc2)ccc1OCc1coc(-c2cccs2)n1. The number of rotatable bonds is 9. The fraction of sp³-hybridized carbons (Fsp3) is 0.238. The van der Waals surface area contributed by atoms with E-state index in [2.05, 4.69) is 20.6 Å². The van der Waals surface area contributed by atoms with Crippen LogP contribution in [0.5, 0.6) is 11.5 Å². The molecule has 0 atom stereocenters. The number of oxazole rings is 1. The highest BCUT2D eigenvalue weighted by Crippen LogP contribution is 2.30. The molecule has 0 N–H and O–H groups in total. The zero-order valence-corrected chi connectivity index (χ0v) is 16.4. The van der Waals surface area contributed by atoms with E-state index in [-0.39, 0.29) is 0 Å². The first kappa shape index (κ1) is 18.3. The Kier molecular flexibility index (Phi) is 5.72. The van der Waals surface area contributed by atoms with Gasteiger partial charge in [0, 0.05) is 18.9 Å². The number of ether oxygens (including phenoxy) is 2. The molecule has 0 aliphatic heterocycles. The number of methoxy groups -OCH3 is 1. The zero-order valence-electron chi connectivity index (χ0n) is 15.6. The molecule has 6 nitrogen and oxygen atoms in total. The van der Waals surface area contributed by atoms with E-state index in [9.17, 15) is 0 Å². The molecule has 0 bridgehead atoms. The number of imidazole rings is 1. The van der Waals surface area contributed by atoms with Gasteiger partial charge in [0.15, 0.2) is 11.5 Å². The van der Waals surface area contributed by atoms with Gasteiger partial charge in [-0.15, -0.1) is 11.3 Å². The molecule has 0 aliphatic rings. The highest BCUT2D eigenvalue weighted by molar-refractivity contribution is 7.13. The van der Waals surface area contributed by atoms with Gasteiger partial charge in [-0.2, -0.15) is 0 Å². The third-order valence-corrected chi connectivity index (χ3v) is 5.19. The van der Waals surface area contributed by atoms with Gasteiger partial charge in [-0.25, -0.2) is 9.97 Å². The molecule has 1 aromatic carbocycles. The lowest BCUT2D eigenvalue weighted by atomic mass is 10.1. The standard InChI is InChI=1S/C21H21N3O3S/c1-25-19-12-16(4-2-9-24-10-8-22-15-24)6-7-18(19)26-13-17-14-27-21(23-17)20-5-3-11-28-20/h3,5-8,10-12,14-15H,2,4,9,13H2,1H3. The molecule has 144 valence electrons. The zero-order chi connectivity index (χ0) is 19.2. The second-order valence-corrected chi connectivity index (χ2v) is 7.25. The average molecular weight is 395 g/mol. The minimum absolute atomic E-state index is 0.325. The highest BCUT2D eigenvalue weighted by atomic mass is 32.1. The second-order valence-electron chi connectivity index (χ2n) is 6.30. The normalized spacial score (nSPS) is 10.9. The predicted octanol–water partition coefficient (Wildman–Crippen LogP) is 4.82. The molecule has 4 aromatic rings. The third-order valence-electron chi connectivity index (χ3n) is 4.33. The molecule has 4 rings (SSSR count). The molecule has 28 heavy (non-hydrogen) atoms. The van der Waals surface area contributed by atoms with Crippen molar-refractivity contribution >= 4 is 11.3 Å². The van der Waals surface area contributed by atoms with Crippen molar-refractivity contribution in [3.05, 3.63) is 72.0 Å². The van der Waals surface area contributed by atoms with Crippen molar-refractivity contribution in [2.45, 2.75) is 26.0 Å².